The summed E-state index contributed by atoms with van der Waals surface area (Å²) in [5, 5.41) is 7.11. The van der Waals surface area contributed by atoms with Crippen LogP contribution in [-0.2, 0) is 13.6 Å². The summed E-state index contributed by atoms with van der Waals surface area (Å²) in [6.07, 6.45) is 5.27. The van der Waals surface area contributed by atoms with E-state index in [0.29, 0.717) is 12.2 Å². The van der Waals surface area contributed by atoms with Crippen molar-refractivity contribution in [1.82, 2.24) is 29.6 Å². The third-order valence-electron chi connectivity index (χ3n) is 3.55. The molecule has 1 amide bonds. The van der Waals surface area contributed by atoms with Crippen LogP contribution in [0.4, 0.5) is 0 Å². The van der Waals surface area contributed by atoms with E-state index in [4.69, 9.17) is 0 Å². The molecule has 1 N–H and O–H groups in total. The smallest absolute Gasteiger partial charge is 0.272 e. The minimum Gasteiger partial charge on any atom is -0.343 e. The van der Waals surface area contributed by atoms with Crippen molar-refractivity contribution in [2.24, 2.45) is 7.05 Å². The van der Waals surface area contributed by atoms with E-state index in [-0.39, 0.29) is 11.9 Å². The number of nitrogens with one attached hydrogen (secondary N) is 1. The van der Waals surface area contributed by atoms with E-state index in [1.54, 1.807) is 29.3 Å². The highest BCUT2D eigenvalue weighted by Crippen LogP contribution is 2.12. The largest absolute Gasteiger partial charge is 0.343 e. The molecule has 7 nitrogen and oxygen atoms in total. The minimum absolute atomic E-state index is 0.204. The molecule has 0 fully saturated rings. The summed E-state index contributed by atoms with van der Waals surface area (Å²) in [5.41, 5.74) is 2.22. The maximum absolute atomic E-state index is 12.1. The monoisotopic (exact) mass is 298 g/mol. The van der Waals surface area contributed by atoms with Crippen LogP contribution in [0.25, 0.3) is 11.0 Å². The molecular formula is C15H18N6O. The molecule has 114 valence electrons. The van der Waals surface area contributed by atoms with Crippen LogP contribution >= 0.6 is 0 Å². The number of nitrogens with zero attached hydrogens (tertiary/aromatic N) is 5. The molecule has 3 aromatic rings. The fraction of sp³-hybridized carbons (Fsp3) is 0.333. The van der Waals surface area contributed by atoms with E-state index in [2.05, 4.69) is 20.4 Å². The van der Waals surface area contributed by atoms with Gasteiger partial charge >= 0.3 is 0 Å². The van der Waals surface area contributed by atoms with Gasteiger partial charge in [-0.05, 0) is 26.0 Å². The first-order valence-electron chi connectivity index (χ1n) is 7.15. The predicted octanol–water partition coefficient (Wildman–Crippen LogP) is 1.68. The molecule has 22 heavy (non-hydrogen) atoms. The number of carbonyl (C=O) groups is 1. The van der Waals surface area contributed by atoms with Crippen LogP contribution < -0.4 is 5.32 Å². The average molecular weight is 298 g/mol. The lowest BCUT2D eigenvalue weighted by Crippen LogP contribution is -2.25. The Morgan fingerprint density at radius 1 is 1.36 bits per heavy atom. The van der Waals surface area contributed by atoms with Crippen LogP contribution in [-0.4, -0.2) is 30.2 Å². The normalized spacial score (nSPS) is 11.3. The number of hydrogen-bond acceptors (Lipinski definition) is 4. The molecule has 0 atom stereocenters. The van der Waals surface area contributed by atoms with E-state index in [1.165, 1.54) is 0 Å². The second-order valence-electron chi connectivity index (χ2n) is 5.41. The zero-order valence-electron chi connectivity index (χ0n) is 12.8. The van der Waals surface area contributed by atoms with Gasteiger partial charge in [0.15, 0.2) is 0 Å². The Hall–Kier alpha value is -2.70. The van der Waals surface area contributed by atoms with Crippen molar-refractivity contribution < 1.29 is 4.79 Å². The summed E-state index contributed by atoms with van der Waals surface area (Å²) in [7, 11) is 1.91. The van der Waals surface area contributed by atoms with Gasteiger partial charge in [-0.2, -0.15) is 5.10 Å². The molecule has 0 aromatic carbocycles. The van der Waals surface area contributed by atoms with Gasteiger partial charge in [-0.1, -0.05) is 0 Å². The van der Waals surface area contributed by atoms with Gasteiger partial charge in [0, 0.05) is 25.5 Å². The fourth-order valence-electron chi connectivity index (χ4n) is 2.24. The van der Waals surface area contributed by atoms with E-state index < -0.39 is 0 Å². The molecule has 0 aliphatic rings. The number of imidazole rings is 1. The van der Waals surface area contributed by atoms with Crippen LogP contribution in [0.2, 0.25) is 0 Å². The van der Waals surface area contributed by atoms with Crippen molar-refractivity contribution in [1.29, 1.82) is 0 Å². The number of carbonyl (C=O) groups excluding carboxylic acids is 1. The standard InChI is InChI=1S/C15H18N6O/c1-10(2)21-7-5-12(19-21)15(22)17-9-14-18-11-4-6-16-8-13(11)20(14)3/h4-8,10H,9H2,1-3H3,(H,17,22). The highest BCUT2D eigenvalue weighted by atomic mass is 16.1. The van der Waals surface area contributed by atoms with Crippen molar-refractivity contribution in [3.8, 4) is 0 Å². The first-order valence-corrected chi connectivity index (χ1v) is 7.15. The summed E-state index contributed by atoms with van der Waals surface area (Å²) in [5.74, 6) is 0.573. The van der Waals surface area contributed by atoms with Gasteiger partial charge < -0.3 is 9.88 Å². The zero-order chi connectivity index (χ0) is 15.7. The second kappa shape index (κ2) is 5.59. The number of aryl methyl sites for hydroxylation is 1. The first kappa shape index (κ1) is 14.2. The third kappa shape index (κ3) is 2.57. The highest BCUT2D eigenvalue weighted by Gasteiger charge is 2.13. The maximum atomic E-state index is 12.1. The molecular weight excluding hydrogens is 280 g/mol. The maximum Gasteiger partial charge on any atom is 0.272 e. The molecule has 0 saturated carbocycles. The Morgan fingerprint density at radius 3 is 2.86 bits per heavy atom. The minimum atomic E-state index is -0.204. The number of amides is 1. The van der Waals surface area contributed by atoms with Crippen LogP contribution in [0.5, 0.6) is 0 Å². The average Bonchev–Trinajstić information content (AvgIpc) is 3.11. The lowest BCUT2D eigenvalue weighted by Gasteiger charge is -2.05. The number of pyridine rings is 1. The van der Waals surface area contributed by atoms with Crippen molar-refractivity contribution in [3.05, 3.63) is 42.2 Å². The molecule has 3 aromatic heterocycles. The Bertz CT molecular complexity index is 816. The molecule has 0 spiro atoms. The molecule has 0 saturated heterocycles. The fourth-order valence-corrected chi connectivity index (χ4v) is 2.24. The summed E-state index contributed by atoms with van der Waals surface area (Å²) >= 11 is 0. The van der Waals surface area contributed by atoms with Crippen LogP contribution in [0.3, 0.4) is 0 Å². The first-order chi connectivity index (χ1) is 10.6. The lowest BCUT2D eigenvalue weighted by molar-refractivity contribution is 0.0943. The molecule has 0 aliphatic carbocycles. The SMILES string of the molecule is CC(C)n1ccc(C(=O)NCc2nc3ccncc3n2C)n1. The number of aromatic nitrogens is 5. The predicted molar refractivity (Wildman–Crippen MR) is 82.3 cm³/mol. The van der Waals surface area contributed by atoms with Gasteiger partial charge in [-0.3, -0.25) is 14.5 Å². The van der Waals surface area contributed by atoms with Gasteiger partial charge in [0.1, 0.15) is 11.5 Å². The molecule has 0 aliphatic heterocycles. The summed E-state index contributed by atoms with van der Waals surface area (Å²) < 4.78 is 3.69. The van der Waals surface area contributed by atoms with E-state index in [1.807, 2.05) is 31.5 Å². The van der Waals surface area contributed by atoms with Crippen molar-refractivity contribution in [2.45, 2.75) is 26.4 Å². The Balaban J connectivity index is 1.73. The lowest BCUT2D eigenvalue weighted by atomic mass is 10.4. The van der Waals surface area contributed by atoms with Crippen molar-refractivity contribution in [3.63, 3.8) is 0 Å². The number of rotatable bonds is 4. The zero-order valence-corrected chi connectivity index (χ0v) is 12.8. The summed E-state index contributed by atoms with van der Waals surface area (Å²) in [4.78, 5) is 20.7. The number of hydrogen-bond donors (Lipinski definition) is 1. The van der Waals surface area contributed by atoms with Crippen LogP contribution in [0, 0.1) is 0 Å². The van der Waals surface area contributed by atoms with E-state index >= 15 is 0 Å². The molecule has 3 heterocycles. The molecule has 0 radical (unpaired) electrons. The Labute approximate surface area is 128 Å². The van der Waals surface area contributed by atoms with E-state index in [0.717, 1.165) is 16.9 Å². The van der Waals surface area contributed by atoms with Gasteiger partial charge in [-0.25, -0.2) is 4.98 Å². The molecule has 3 rings (SSSR count). The van der Waals surface area contributed by atoms with Gasteiger partial charge in [0.05, 0.1) is 23.8 Å². The van der Waals surface area contributed by atoms with Crippen LogP contribution in [0.15, 0.2) is 30.7 Å². The third-order valence-corrected chi connectivity index (χ3v) is 3.55. The van der Waals surface area contributed by atoms with E-state index in [9.17, 15) is 4.79 Å². The quantitative estimate of drug-likeness (QED) is 0.795. The molecule has 0 bridgehead atoms. The van der Waals surface area contributed by atoms with Gasteiger partial charge in [-0.15, -0.1) is 0 Å². The number of fused-ring (bicyclic) bond motifs is 1. The Kier molecular flexibility index (Phi) is 3.62. The van der Waals surface area contributed by atoms with Crippen molar-refractivity contribution >= 4 is 16.9 Å². The van der Waals surface area contributed by atoms with Gasteiger partial charge in [0.2, 0.25) is 0 Å². The van der Waals surface area contributed by atoms with Crippen molar-refractivity contribution in [2.75, 3.05) is 0 Å². The Morgan fingerprint density at radius 2 is 2.18 bits per heavy atom. The topological polar surface area (TPSA) is 77.6 Å². The second-order valence-corrected chi connectivity index (χ2v) is 5.41. The molecule has 7 heteroatoms. The summed E-state index contributed by atoms with van der Waals surface area (Å²) in [6, 6.07) is 3.80. The summed E-state index contributed by atoms with van der Waals surface area (Å²) in [6.45, 7) is 4.38. The molecule has 0 unspecified atom stereocenters. The highest BCUT2D eigenvalue weighted by molar-refractivity contribution is 5.92. The van der Waals surface area contributed by atoms with Gasteiger partial charge in [0.25, 0.3) is 5.91 Å². The van der Waals surface area contributed by atoms with Crippen LogP contribution in [0.1, 0.15) is 36.2 Å².